The quantitative estimate of drug-likeness (QED) is 0.522. The first-order valence-corrected chi connectivity index (χ1v) is 9.77. The zero-order valence-corrected chi connectivity index (χ0v) is 16.7. The summed E-state index contributed by atoms with van der Waals surface area (Å²) in [5.41, 5.74) is 2.43. The first-order chi connectivity index (χ1) is 14.2. The third kappa shape index (κ3) is 5.75. The Labute approximate surface area is 171 Å². The van der Waals surface area contributed by atoms with Crippen LogP contribution < -0.4 is 20.1 Å². The molecule has 5 nitrogen and oxygen atoms in total. The molecule has 0 saturated heterocycles. The highest BCUT2D eigenvalue weighted by Gasteiger charge is 2.20. The van der Waals surface area contributed by atoms with Crippen molar-refractivity contribution < 1.29 is 14.3 Å². The molecule has 1 atom stereocenters. The zero-order valence-electron chi connectivity index (χ0n) is 16.7. The first kappa shape index (κ1) is 20.3. The molecule has 0 bridgehead atoms. The van der Waals surface area contributed by atoms with Gasteiger partial charge in [0, 0.05) is 11.4 Å². The maximum Gasteiger partial charge on any atom is 0.251 e. The van der Waals surface area contributed by atoms with E-state index in [0.717, 1.165) is 22.7 Å². The zero-order chi connectivity index (χ0) is 20.5. The lowest BCUT2D eigenvalue weighted by atomic mass is 10.1. The van der Waals surface area contributed by atoms with E-state index in [4.69, 9.17) is 9.47 Å². The molecular weight excluding hydrogens is 364 g/mol. The summed E-state index contributed by atoms with van der Waals surface area (Å²) in [4.78, 5) is 13.1. The minimum atomic E-state index is -0.541. The van der Waals surface area contributed by atoms with Crippen molar-refractivity contribution in [1.29, 1.82) is 0 Å². The molecule has 5 heteroatoms. The molecule has 0 fully saturated rings. The summed E-state index contributed by atoms with van der Waals surface area (Å²) in [6.45, 7) is 5.10. The Bertz CT molecular complexity index is 894. The van der Waals surface area contributed by atoms with Gasteiger partial charge in [-0.3, -0.25) is 4.79 Å². The van der Waals surface area contributed by atoms with Crippen LogP contribution in [0.3, 0.4) is 0 Å². The summed E-state index contributed by atoms with van der Waals surface area (Å²) >= 11 is 0. The van der Waals surface area contributed by atoms with Gasteiger partial charge in [-0.25, -0.2) is 0 Å². The number of hydrogen-bond donors (Lipinski definition) is 2. The van der Waals surface area contributed by atoms with Gasteiger partial charge in [-0.15, -0.1) is 0 Å². The van der Waals surface area contributed by atoms with Crippen molar-refractivity contribution in [2.75, 3.05) is 23.8 Å². The van der Waals surface area contributed by atoms with Crippen LogP contribution in [0.15, 0.2) is 78.9 Å². The van der Waals surface area contributed by atoms with Gasteiger partial charge >= 0.3 is 0 Å². The highest BCUT2D eigenvalue weighted by atomic mass is 16.5. The topological polar surface area (TPSA) is 59.6 Å². The van der Waals surface area contributed by atoms with Gasteiger partial charge in [0.1, 0.15) is 17.5 Å². The average Bonchev–Trinajstić information content (AvgIpc) is 2.75. The van der Waals surface area contributed by atoms with Crippen LogP contribution in [-0.4, -0.2) is 19.1 Å². The van der Waals surface area contributed by atoms with Crippen molar-refractivity contribution in [1.82, 2.24) is 0 Å². The second-order valence-corrected chi connectivity index (χ2v) is 6.39. The Kier molecular flexibility index (Phi) is 7.11. The van der Waals surface area contributed by atoms with Gasteiger partial charge in [-0.2, -0.15) is 0 Å². The number of hydrogen-bond acceptors (Lipinski definition) is 4. The molecule has 0 aromatic heterocycles. The fourth-order valence-electron chi connectivity index (χ4n) is 2.94. The standard InChI is InChI=1S/C24H26N2O3/c1-3-28-21-14-10-19(11-15-21)25-23(18-8-6-5-7-9-18)24(27)26-20-12-16-22(17-13-20)29-4-2/h5-17,23,25H,3-4H2,1-2H3,(H,26,27)/t23-/m0/s1. The molecule has 0 heterocycles. The molecule has 1 amide bonds. The average molecular weight is 390 g/mol. The number of nitrogens with one attached hydrogen (secondary N) is 2. The van der Waals surface area contributed by atoms with Crippen LogP contribution in [0, 0.1) is 0 Å². The Morgan fingerprint density at radius 3 is 1.79 bits per heavy atom. The molecule has 150 valence electrons. The van der Waals surface area contributed by atoms with E-state index < -0.39 is 6.04 Å². The van der Waals surface area contributed by atoms with Crippen molar-refractivity contribution in [3.05, 3.63) is 84.4 Å². The number of anilines is 2. The predicted octanol–water partition coefficient (Wildman–Crippen LogP) is 5.28. The van der Waals surface area contributed by atoms with Gasteiger partial charge < -0.3 is 20.1 Å². The molecule has 3 aromatic carbocycles. The van der Waals surface area contributed by atoms with E-state index in [9.17, 15) is 4.79 Å². The molecule has 0 saturated carbocycles. The minimum absolute atomic E-state index is 0.144. The fourth-order valence-corrected chi connectivity index (χ4v) is 2.94. The van der Waals surface area contributed by atoms with Gasteiger partial charge in [0.25, 0.3) is 5.91 Å². The van der Waals surface area contributed by atoms with Crippen LogP contribution >= 0.6 is 0 Å². The highest BCUT2D eigenvalue weighted by Crippen LogP contribution is 2.24. The van der Waals surface area contributed by atoms with E-state index in [0.29, 0.717) is 18.9 Å². The molecule has 0 radical (unpaired) electrons. The Hall–Kier alpha value is -3.47. The van der Waals surface area contributed by atoms with Crippen LogP contribution in [-0.2, 0) is 4.79 Å². The molecule has 0 unspecified atom stereocenters. The van der Waals surface area contributed by atoms with Crippen molar-refractivity contribution >= 4 is 17.3 Å². The molecular formula is C24H26N2O3. The molecule has 0 aliphatic carbocycles. The summed E-state index contributed by atoms with van der Waals surface area (Å²) in [5.74, 6) is 1.43. The number of carbonyl (C=O) groups is 1. The summed E-state index contributed by atoms with van der Waals surface area (Å²) < 4.78 is 10.9. The van der Waals surface area contributed by atoms with E-state index in [-0.39, 0.29) is 5.91 Å². The van der Waals surface area contributed by atoms with Crippen LogP contribution in [0.1, 0.15) is 25.5 Å². The first-order valence-electron chi connectivity index (χ1n) is 9.77. The van der Waals surface area contributed by atoms with Crippen LogP contribution in [0.5, 0.6) is 11.5 Å². The van der Waals surface area contributed by atoms with E-state index in [1.54, 1.807) is 0 Å². The number of amides is 1. The highest BCUT2D eigenvalue weighted by molar-refractivity contribution is 5.97. The third-order valence-corrected chi connectivity index (χ3v) is 4.30. The second-order valence-electron chi connectivity index (χ2n) is 6.39. The summed E-state index contributed by atoms with van der Waals surface area (Å²) in [5, 5.41) is 6.30. The number of rotatable bonds is 9. The Morgan fingerprint density at radius 2 is 1.28 bits per heavy atom. The minimum Gasteiger partial charge on any atom is -0.494 e. The molecule has 0 aliphatic heterocycles. The van der Waals surface area contributed by atoms with Crippen LogP contribution in [0.2, 0.25) is 0 Å². The SMILES string of the molecule is CCOc1ccc(NC(=O)[C@@H](Nc2ccc(OCC)cc2)c2ccccc2)cc1. The van der Waals surface area contributed by atoms with E-state index in [2.05, 4.69) is 10.6 Å². The smallest absolute Gasteiger partial charge is 0.251 e. The molecule has 3 rings (SSSR count). The largest absolute Gasteiger partial charge is 0.494 e. The Balaban J connectivity index is 1.76. The van der Waals surface area contributed by atoms with Gasteiger partial charge in [-0.1, -0.05) is 30.3 Å². The lowest BCUT2D eigenvalue weighted by Crippen LogP contribution is -2.27. The molecule has 0 aliphatic rings. The summed E-state index contributed by atoms with van der Waals surface area (Å²) in [6, 6.07) is 24.1. The normalized spacial score (nSPS) is 11.4. The molecule has 2 N–H and O–H groups in total. The van der Waals surface area contributed by atoms with Crippen molar-refractivity contribution in [2.24, 2.45) is 0 Å². The Morgan fingerprint density at radius 1 is 0.759 bits per heavy atom. The predicted molar refractivity (Wildman–Crippen MR) is 117 cm³/mol. The van der Waals surface area contributed by atoms with E-state index in [1.165, 1.54) is 0 Å². The molecule has 29 heavy (non-hydrogen) atoms. The maximum absolute atomic E-state index is 13.1. The number of ether oxygens (including phenoxy) is 2. The van der Waals surface area contributed by atoms with Gasteiger partial charge in [-0.05, 0) is 67.9 Å². The molecule has 0 spiro atoms. The van der Waals surface area contributed by atoms with E-state index >= 15 is 0 Å². The van der Waals surface area contributed by atoms with Gasteiger partial charge in [0.05, 0.1) is 13.2 Å². The van der Waals surface area contributed by atoms with Crippen molar-refractivity contribution in [3.63, 3.8) is 0 Å². The number of carbonyl (C=O) groups excluding carboxylic acids is 1. The van der Waals surface area contributed by atoms with Crippen LogP contribution in [0.4, 0.5) is 11.4 Å². The van der Waals surface area contributed by atoms with Crippen molar-refractivity contribution in [2.45, 2.75) is 19.9 Å². The third-order valence-electron chi connectivity index (χ3n) is 4.30. The van der Waals surface area contributed by atoms with Gasteiger partial charge in [0.15, 0.2) is 0 Å². The molecule has 3 aromatic rings. The fraction of sp³-hybridized carbons (Fsp3) is 0.208. The van der Waals surface area contributed by atoms with Crippen LogP contribution in [0.25, 0.3) is 0 Å². The van der Waals surface area contributed by atoms with Gasteiger partial charge in [0.2, 0.25) is 0 Å². The second kappa shape index (κ2) is 10.2. The number of benzene rings is 3. The lowest BCUT2D eigenvalue weighted by Gasteiger charge is -2.20. The summed E-state index contributed by atoms with van der Waals surface area (Å²) in [6.07, 6.45) is 0. The summed E-state index contributed by atoms with van der Waals surface area (Å²) in [7, 11) is 0. The van der Waals surface area contributed by atoms with Crippen molar-refractivity contribution in [3.8, 4) is 11.5 Å². The lowest BCUT2D eigenvalue weighted by molar-refractivity contribution is -0.117. The maximum atomic E-state index is 13.1. The van der Waals surface area contributed by atoms with E-state index in [1.807, 2.05) is 92.7 Å². The monoisotopic (exact) mass is 390 g/mol.